The molecular formula is C21H23BrN2O3S. The zero-order chi connectivity index (χ0) is 19.7. The average Bonchev–Trinajstić information content (AvgIpc) is 2.99. The fourth-order valence-corrected chi connectivity index (χ4v) is 6.52. The Kier molecular flexibility index (Phi) is 5.58. The van der Waals surface area contributed by atoms with Gasteiger partial charge in [0.05, 0.1) is 24.1 Å². The number of hydrogen-bond donors (Lipinski definition) is 0. The summed E-state index contributed by atoms with van der Waals surface area (Å²) in [5.74, 6) is 0.137. The predicted molar refractivity (Wildman–Crippen MR) is 114 cm³/mol. The Morgan fingerprint density at radius 2 is 1.64 bits per heavy atom. The van der Waals surface area contributed by atoms with E-state index in [1.807, 2.05) is 42.5 Å². The SMILES string of the molecule is O=C1CN(CCCc2ccccc2)C2CS(=O)(=O)CC2N1c1ccc(Br)cc1. The molecule has 0 N–H and O–H groups in total. The molecule has 0 bridgehead atoms. The molecule has 1 amide bonds. The summed E-state index contributed by atoms with van der Waals surface area (Å²) in [7, 11) is -3.16. The van der Waals surface area contributed by atoms with Gasteiger partial charge in [0.1, 0.15) is 0 Å². The van der Waals surface area contributed by atoms with Crippen molar-refractivity contribution in [2.45, 2.75) is 24.9 Å². The van der Waals surface area contributed by atoms with Crippen molar-refractivity contribution in [1.82, 2.24) is 4.90 Å². The third kappa shape index (κ3) is 4.16. The van der Waals surface area contributed by atoms with E-state index in [-0.39, 0.29) is 36.0 Å². The topological polar surface area (TPSA) is 57.7 Å². The second-order valence-corrected chi connectivity index (χ2v) is 10.6. The van der Waals surface area contributed by atoms with Crippen molar-refractivity contribution in [2.24, 2.45) is 0 Å². The minimum atomic E-state index is -3.16. The molecule has 2 aromatic rings. The van der Waals surface area contributed by atoms with Crippen LogP contribution in [0.15, 0.2) is 59.1 Å². The first-order valence-corrected chi connectivity index (χ1v) is 12.1. The summed E-state index contributed by atoms with van der Waals surface area (Å²) in [4.78, 5) is 16.7. The summed E-state index contributed by atoms with van der Waals surface area (Å²) in [6, 6.07) is 17.3. The van der Waals surface area contributed by atoms with E-state index in [0.717, 1.165) is 29.5 Å². The monoisotopic (exact) mass is 462 g/mol. The number of carbonyl (C=O) groups excluding carboxylic acids is 1. The highest BCUT2D eigenvalue weighted by Gasteiger charge is 2.49. The normalized spacial score (nSPS) is 24.3. The molecule has 28 heavy (non-hydrogen) atoms. The highest BCUT2D eigenvalue weighted by atomic mass is 79.9. The Hall–Kier alpha value is -1.70. The van der Waals surface area contributed by atoms with Crippen LogP contribution in [-0.4, -0.2) is 55.9 Å². The quantitative estimate of drug-likeness (QED) is 0.685. The second-order valence-electron chi connectivity index (χ2n) is 7.51. The minimum Gasteiger partial charge on any atom is -0.306 e. The van der Waals surface area contributed by atoms with Crippen LogP contribution in [0.4, 0.5) is 5.69 Å². The molecule has 0 spiro atoms. The van der Waals surface area contributed by atoms with Crippen LogP contribution in [0, 0.1) is 0 Å². The molecule has 0 aromatic heterocycles. The van der Waals surface area contributed by atoms with Gasteiger partial charge < -0.3 is 4.90 Å². The van der Waals surface area contributed by atoms with E-state index in [1.54, 1.807) is 4.90 Å². The van der Waals surface area contributed by atoms with Gasteiger partial charge in [-0.3, -0.25) is 9.69 Å². The van der Waals surface area contributed by atoms with Crippen molar-refractivity contribution < 1.29 is 13.2 Å². The molecule has 2 heterocycles. The number of aryl methyl sites for hydroxylation is 1. The molecule has 2 unspecified atom stereocenters. The predicted octanol–water partition coefficient (Wildman–Crippen LogP) is 2.90. The van der Waals surface area contributed by atoms with Crippen molar-refractivity contribution in [1.29, 1.82) is 0 Å². The van der Waals surface area contributed by atoms with Gasteiger partial charge in [0.15, 0.2) is 9.84 Å². The highest BCUT2D eigenvalue weighted by molar-refractivity contribution is 9.10. The summed E-state index contributed by atoms with van der Waals surface area (Å²) >= 11 is 3.41. The van der Waals surface area contributed by atoms with Crippen molar-refractivity contribution in [3.05, 3.63) is 64.6 Å². The van der Waals surface area contributed by atoms with E-state index in [2.05, 4.69) is 33.0 Å². The zero-order valence-electron chi connectivity index (χ0n) is 15.5. The summed E-state index contributed by atoms with van der Waals surface area (Å²) in [5, 5.41) is 0. The molecule has 148 valence electrons. The summed E-state index contributed by atoms with van der Waals surface area (Å²) in [6.45, 7) is 0.993. The summed E-state index contributed by atoms with van der Waals surface area (Å²) < 4.78 is 25.7. The Balaban J connectivity index is 1.52. The van der Waals surface area contributed by atoms with Crippen LogP contribution in [0.2, 0.25) is 0 Å². The van der Waals surface area contributed by atoms with E-state index in [4.69, 9.17) is 0 Å². The third-order valence-corrected chi connectivity index (χ3v) is 7.79. The smallest absolute Gasteiger partial charge is 0.241 e. The highest BCUT2D eigenvalue weighted by Crippen LogP contribution is 2.32. The number of carbonyl (C=O) groups is 1. The van der Waals surface area contributed by atoms with E-state index >= 15 is 0 Å². The van der Waals surface area contributed by atoms with E-state index < -0.39 is 9.84 Å². The van der Waals surface area contributed by atoms with Gasteiger partial charge in [-0.2, -0.15) is 0 Å². The molecule has 2 fully saturated rings. The molecular weight excluding hydrogens is 440 g/mol. The van der Waals surface area contributed by atoms with Crippen molar-refractivity contribution in [3.8, 4) is 0 Å². The van der Waals surface area contributed by atoms with Crippen LogP contribution in [0.5, 0.6) is 0 Å². The van der Waals surface area contributed by atoms with Gasteiger partial charge in [0.2, 0.25) is 5.91 Å². The fraction of sp³-hybridized carbons (Fsp3) is 0.381. The van der Waals surface area contributed by atoms with Gasteiger partial charge >= 0.3 is 0 Å². The van der Waals surface area contributed by atoms with Crippen LogP contribution in [0.25, 0.3) is 0 Å². The number of anilines is 1. The average molecular weight is 463 g/mol. The number of piperazine rings is 1. The first-order valence-electron chi connectivity index (χ1n) is 9.49. The van der Waals surface area contributed by atoms with Gasteiger partial charge in [-0.15, -0.1) is 0 Å². The number of sulfone groups is 1. The number of nitrogens with zero attached hydrogens (tertiary/aromatic N) is 2. The van der Waals surface area contributed by atoms with Crippen LogP contribution >= 0.6 is 15.9 Å². The molecule has 0 radical (unpaired) electrons. The largest absolute Gasteiger partial charge is 0.306 e. The van der Waals surface area contributed by atoms with Crippen molar-refractivity contribution in [3.63, 3.8) is 0 Å². The Morgan fingerprint density at radius 3 is 2.36 bits per heavy atom. The van der Waals surface area contributed by atoms with Crippen LogP contribution < -0.4 is 4.90 Å². The van der Waals surface area contributed by atoms with E-state index in [1.165, 1.54) is 5.56 Å². The number of benzene rings is 2. The van der Waals surface area contributed by atoms with E-state index in [0.29, 0.717) is 0 Å². The third-order valence-electron chi connectivity index (χ3n) is 5.56. The Bertz CT molecular complexity index is 947. The maximum atomic E-state index is 13.0. The van der Waals surface area contributed by atoms with Crippen molar-refractivity contribution >= 4 is 37.4 Å². The first kappa shape index (κ1) is 19.6. The molecule has 2 aliphatic heterocycles. The van der Waals surface area contributed by atoms with Gasteiger partial charge in [-0.1, -0.05) is 46.3 Å². The lowest BCUT2D eigenvalue weighted by Crippen LogP contribution is -2.62. The summed E-state index contributed by atoms with van der Waals surface area (Å²) in [5.41, 5.74) is 2.03. The molecule has 5 nitrogen and oxygen atoms in total. The standard InChI is InChI=1S/C21H23BrN2O3S/c22-17-8-10-18(11-9-17)24-20-15-28(26,27)14-19(20)23(13-21(24)25)12-4-7-16-5-2-1-3-6-16/h1-3,5-6,8-11,19-20H,4,7,12-15H2. The molecule has 0 saturated carbocycles. The molecule has 0 aliphatic carbocycles. The molecule has 2 atom stereocenters. The number of fused-ring (bicyclic) bond motifs is 1. The van der Waals surface area contributed by atoms with Crippen LogP contribution in [0.3, 0.4) is 0 Å². The molecule has 2 aliphatic rings. The molecule has 4 rings (SSSR count). The minimum absolute atomic E-state index is 0.0274. The fourth-order valence-electron chi connectivity index (χ4n) is 4.27. The lowest BCUT2D eigenvalue weighted by Gasteiger charge is -2.43. The Morgan fingerprint density at radius 1 is 0.964 bits per heavy atom. The number of rotatable bonds is 5. The zero-order valence-corrected chi connectivity index (χ0v) is 17.9. The lowest BCUT2D eigenvalue weighted by molar-refractivity contribution is -0.123. The lowest BCUT2D eigenvalue weighted by atomic mass is 10.0. The van der Waals surface area contributed by atoms with Gasteiger partial charge in [0.25, 0.3) is 0 Å². The van der Waals surface area contributed by atoms with Crippen LogP contribution in [0.1, 0.15) is 12.0 Å². The number of hydrogen-bond acceptors (Lipinski definition) is 4. The second kappa shape index (κ2) is 7.97. The molecule has 2 aromatic carbocycles. The van der Waals surface area contributed by atoms with Gasteiger partial charge in [-0.05, 0) is 49.2 Å². The first-order chi connectivity index (χ1) is 13.4. The van der Waals surface area contributed by atoms with Gasteiger partial charge in [-0.25, -0.2) is 8.42 Å². The van der Waals surface area contributed by atoms with E-state index in [9.17, 15) is 13.2 Å². The molecule has 7 heteroatoms. The molecule has 2 saturated heterocycles. The maximum Gasteiger partial charge on any atom is 0.241 e. The van der Waals surface area contributed by atoms with Crippen molar-refractivity contribution in [2.75, 3.05) is 29.5 Å². The maximum absolute atomic E-state index is 13.0. The number of halogens is 1. The van der Waals surface area contributed by atoms with Crippen LogP contribution in [-0.2, 0) is 21.1 Å². The Labute approximate surface area is 174 Å². The van der Waals surface area contributed by atoms with Gasteiger partial charge in [0, 0.05) is 16.2 Å². The summed E-state index contributed by atoms with van der Waals surface area (Å²) in [6.07, 6.45) is 1.82. The number of amides is 1.